The van der Waals surface area contributed by atoms with Crippen LogP contribution in [0.15, 0.2) is 54.6 Å². The van der Waals surface area contributed by atoms with E-state index < -0.39 is 0 Å². The number of carbonyl (C=O) groups excluding carboxylic acids is 1. The van der Waals surface area contributed by atoms with Gasteiger partial charge in [-0.15, -0.1) is 0 Å². The van der Waals surface area contributed by atoms with Crippen molar-refractivity contribution < 1.29 is 4.79 Å². The smallest absolute Gasteiger partial charge is 0.322 e. The number of rotatable bonds is 4. The molecule has 2 aliphatic heterocycles. The standard InChI is InChI=1S/C27H32N6O/c1-3-20-8-7-11-22(18-20)28-27(34)33-13-12-24-23(19-33)26(32-16-14-31(2)15-17-32)30-25(29-24)21-9-5-4-6-10-21/h4-11,18H,3,12-17,19H2,1-2H3,(H,28,34). The zero-order valence-corrected chi connectivity index (χ0v) is 20.0. The van der Waals surface area contributed by atoms with Gasteiger partial charge in [-0.2, -0.15) is 0 Å². The number of carbonyl (C=O) groups is 1. The maximum absolute atomic E-state index is 13.1. The molecular formula is C27H32N6O. The summed E-state index contributed by atoms with van der Waals surface area (Å²) in [6.07, 6.45) is 1.66. The molecule has 2 aromatic carbocycles. The van der Waals surface area contributed by atoms with Crippen molar-refractivity contribution in [2.75, 3.05) is 50.0 Å². The fourth-order valence-electron chi connectivity index (χ4n) is 4.64. The van der Waals surface area contributed by atoms with E-state index in [1.807, 2.05) is 41.3 Å². The summed E-state index contributed by atoms with van der Waals surface area (Å²) in [4.78, 5) is 29.7. The summed E-state index contributed by atoms with van der Waals surface area (Å²) in [6.45, 7) is 7.11. The van der Waals surface area contributed by atoms with Crippen molar-refractivity contribution in [2.45, 2.75) is 26.3 Å². The van der Waals surface area contributed by atoms with Crippen molar-refractivity contribution in [2.24, 2.45) is 0 Å². The van der Waals surface area contributed by atoms with E-state index in [4.69, 9.17) is 9.97 Å². The Morgan fingerprint density at radius 1 is 0.971 bits per heavy atom. The second-order valence-corrected chi connectivity index (χ2v) is 9.11. The summed E-state index contributed by atoms with van der Waals surface area (Å²) >= 11 is 0. The van der Waals surface area contributed by atoms with Crippen LogP contribution < -0.4 is 10.2 Å². The number of benzene rings is 2. The van der Waals surface area contributed by atoms with Crippen molar-refractivity contribution in [3.05, 3.63) is 71.4 Å². The zero-order valence-electron chi connectivity index (χ0n) is 20.0. The van der Waals surface area contributed by atoms with Crippen molar-refractivity contribution in [1.82, 2.24) is 19.8 Å². The Morgan fingerprint density at radius 2 is 1.76 bits per heavy atom. The van der Waals surface area contributed by atoms with Crippen LogP contribution in [-0.4, -0.2) is 65.6 Å². The lowest BCUT2D eigenvalue weighted by Gasteiger charge is -2.37. The van der Waals surface area contributed by atoms with E-state index in [0.717, 1.165) is 73.2 Å². The molecule has 7 heteroatoms. The number of nitrogens with one attached hydrogen (secondary N) is 1. The first-order valence-electron chi connectivity index (χ1n) is 12.1. The number of hydrogen-bond donors (Lipinski definition) is 1. The van der Waals surface area contributed by atoms with Gasteiger partial charge in [-0.25, -0.2) is 14.8 Å². The number of anilines is 2. The fourth-order valence-corrected chi connectivity index (χ4v) is 4.64. The van der Waals surface area contributed by atoms with Gasteiger partial charge in [-0.1, -0.05) is 49.4 Å². The zero-order chi connectivity index (χ0) is 23.5. The number of amides is 2. The van der Waals surface area contributed by atoms with Crippen LogP contribution in [0.25, 0.3) is 11.4 Å². The molecule has 0 bridgehead atoms. The molecule has 3 aromatic rings. The summed E-state index contributed by atoms with van der Waals surface area (Å²) in [5.74, 6) is 1.74. The lowest BCUT2D eigenvalue weighted by Crippen LogP contribution is -2.46. The van der Waals surface area contributed by atoms with Crippen LogP contribution >= 0.6 is 0 Å². The molecule has 1 N–H and O–H groups in total. The number of urea groups is 1. The number of piperazine rings is 1. The fraction of sp³-hybridized carbons (Fsp3) is 0.370. The molecule has 0 saturated carbocycles. The quantitative estimate of drug-likeness (QED) is 0.642. The minimum absolute atomic E-state index is 0.0737. The highest BCUT2D eigenvalue weighted by Crippen LogP contribution is 2.30. The number of nitrogens with zero attached hydrogens (tertiary/aromatic N) is 5. The van der Waals surface area contributed by atoms with Gasteiger partial charge in [0, 0.05) is 56.0 Å². The second-order valence-electron chi connectivity index (χ2n) is 9.11. The molecule has 1 aromatic heterocycles. The lowest BCUT2D eigenvalue weighted by molar-refractivity contribution is 0.206. The van der Waals surface area contributed by atoms with E-state index in [9.17, 15) is 4.79 Å². The van der Waals surface area contributed by atoms with Gasteiger partial charge in [0.25, 0.3) is 0 Å². The van der Waals surface area contributed by atoms with Gasteiger partial charge in [0.15, 0.2) is 5.82 Å². The molecule has 3 heterocycles. The van der Waals surface area contributed by atoms with E-state index in [-0.39, 0.29) is 6.03 Å². The maximum Gasteiger partial charge on any atom is 0.322 e. The Kier molecular flexibility index (Phi) is 6.45. The van der Waals surface area contributed by atoms with Gasteiger partial charge in [0.2, 0.25) is 0 Å². The van der Waals surface area contributed by atoms with Crippen LogP contribution in [0.2, 0.25) is 0 Å². The molecule has 176 valence electrons. The van der Waals surface area contributed by atoms with Crippen molar-refractivity contribution >= 4 is 17.5 Å². The molecule has 7 nitrogen and oxygen atoms in total. The third kappa shape index (κ3) is 4.75. The number of aryl methyl sites for hydroxylation is 1. The summed E-state index contributed by atoms with van der Waals surface area (Å²) < 4.78 is 0. The van der Waals surface area contributed by atoms with Gasteiger partial charge in [-0.05, 0) is 31.2 Å². The van der Waals surface area contributed by atoms with E-state index >= 15 is 0 Å². The van der Waals surface area contributed by atoms with Crippen LogP contribution in [0, 0.1) is 0 Å². The highest BCUT2D eigenvalue weighted by Gasteiger charge is 2.29. The molecule has 1 fully saturated rings. The van der Waals surface area contributed by atoms with Crippen molar-refractivity contribution in [3.63, 3.8) is 0 Å². The van der Waals surface area contributed by atoms with Gasteiger partial charge in [0.05, 0.1) is 12.2 Å². The predicted molar refractivity (Wildman–Crippen MR) is 136 cm³/mol. The molecule has 0 spiro atoms. The van der Waals surface area contributed by atoms with Crippen molar-refractivity contribution in [3.8, 4) is 11.4 Å². The molecule has 2 aliphatic rings. The van der Waals surface area contributed by atoms with Gasteiger partial charge >= 0.3 is 6.03 Å². The van der Waals surface area contributed by atoms with E-state index in [1.165, 1.54) is 5.56 Å². The third-order valence-corrected chi connectivity index (χ3v) is 6.75. The first-order valence-corrected chi connectivity index (χ1v) is 12.1. The monoisotopic (exact) mass is 456 g/mol. The Labute approximate surface area is 201 Å². The average molecular weight is 457 g/mol. The molecule has 0 atom stereocenters. The van der Waals surface area contributed by atoms with E-state index in [1.54, 1.807) is 0 Å². The second kappa shape index (κ2) is 9.81. The molecule has 0 unspecified atom stereocenters. The van der Waals surface area contributed by atoms with Crippen LogP contribution in [-0.2, 0) is 19.4 Å². The number of aromatic nitrogens is 2. The average Bonchev–Trinajstić information content (AvgIpc) is 2.89. The molecule has 0 radical (unpaired) electrons. The van der Waals surface area contributed by atoms with Gasteiger partial charge in [0.1, 0.15) is 5.82 Å². The third-order valence-electron chi connectivity index (χ3n) is 6.75. The number of fused-ring (bicyclic) bond motifs is 1. The number of likely N-dealkylation sites (N-methyl/N-ethyl adjacent to an activating group) is 1. The lowest BCUT2D eigenvalue weighted by atomic mass is 10.0. The predicted octanol–water partition coefficient (Wildman–Crippen LogP) is 4.05. The minimum atomic E-state index is -0.0737. The molecular weight excluding hydrogens is 424 g/mol. The normalized spacial score (nSPS) is 16.3. The topological polar surface area (TPSA) is 64.6 Å². The van der Waals surface area contributed by atoms with Crippen LogP contribution in [0.4, 0.5) is 16.3 Å². The maximum atomic E-state index is 13.1. The van der Waals surface area contributed by atoms with E-state index in [0.29, 0.717) is 13.1 Å². The molecule has 5 rings (SSSR count). The Morgan fingerprint density at radius 3 is 2.53 bits per heavy atom. The Balaban J connectivity index is 1.43. The highest BCUT2D eigenvalue weighted by molar-refractivity contribution is 5.89. The summed E-state index contributed by atoms with van der Waals surface area (Å²) in [5, 5.41) is 3.09. The Hall–Kier alpha value is -3.45. The molecule has 1 saturated heterocycles. The van der Waals surface area contributed by atoms with Gasteiger partial charge < -0.3 is 20.0 Å². The first-order chi connectivity index (χ1) is 16.6. The summed E-state index contributed by atoms with van der Waals surface area (Å²) in [6, 6.07) is 18.2. The number of hydrogen-bond acceptors (Lipinski definition) is 5. The van der Waals surface area contributed by atoms with E-state index in [2.05, 4.69) is 47.3 Å². The first kappa shape index (κ1) is 22.3. The van der Waals surface area contributed by atoms with Crippen molar-refractivity contribution in [1.29, 1.82) is 0 Å². The minimum Gasteiger partial charge on any atom is -0.354 e. The highest BCUT2D eigenvalue weighted by atomic mass is 16.2. The molecule has 2 amide bonds. The van der Waals surface area contributed by atoms with Crippen LogP contribution in [0.3, 0.4) is 0 Å². The Bertz CT molecular complexity index is 1160. The largest absolute Gasteiger partial charge is 0.354 e. The SMILES string of the molecule is CCc1cccc(NC(=O)N2CCc3nc(-c4ccccc4)nc(N4CCN(C)CC4)c3C2)c1. The summed E-state index contributed by atoms with van der Waals surface area (Å²) in [5.41, 5.74) is 5.20. The van der Waals surface area contributed by atoms with Crippen LogP contribution in [0.5, 0.6) is 0 Å². The van der Waals surface area contributed by atoms with Gasteiger partial charge in [-0.3, -0.25) is 0 Å². The summed E-state index contributed by atoms with van der Waals surface area (Å²) in [7, 11) is 2.15. The molecule has 0 aliphatic carbocycles. The molecule has 34 heavy (non-hydrogen) atoms. The van der Waals surface area contributed by atoms with Crippen LogP contribution in [0.1, 0.15) is 23.7 Å².